The van der Waals surface area contributed by atoms with Crippen LogP contribution in [0.4, 0.5) is 0 Å². The summed E-state index contributed by atoms with van der Waals surface area (Å²) in [4.78, 5) is 0. The molecule has 0 spiro atoms. The van der Waals surface area contributed by atoms with E-state index in [-0.39, 0.29) is 0 Å². The van der Waals surface area contributed by atoms with Gasteiger partial charge in [-0.15, -0.1) is 0 Å². The highest BCUT2D eigenvalue weighted by molar-refractivity contribution is 5.43. The first-order valence-electron chi connectivity index (χ1n) is 5.98. The van der Waals surface area contributed by atoms with Crippen molar-refractivity contribution in [1.29, 1.82) is 0 Å². The molecule has 0 aliphatic carbocycles. The molecule has 0 amide bonds. The second kappa shape index (κ2) is 6.54. The van der Waals surface area contributed by atoms with E-state index in [1.165, 1.54) is 36.0 Å². The lowest BCUT2D eigenvalue weighted by molar-refractivity contribution is 0.411. The Labute approximate surface area is 99.0 Å². The molecule has 16 heavy (non-hydrogen) atoms. The van der Waals surface area contributed by atoms with Crippen LogP contribution < -0.4 is 10.1 Å². The van der Waals surface area contributed by atoms with Gasteiger partial charge in [-0.1, -0.05) is 6.07 Å². The topological polar surface area (TPSA) is 21.3 Å². The van der Waals surface area contributed by atoms with Crippen LogP contribution in [0.3, 0.4) is 0 Å². The summed E-state index contributed by atoms with van der Waals surface area (Å²) in [6, 6.07) is 4.27. The summed E-state index contributed by atoms with van der Waals surface area (Å²) in [5.74, 6) is 0.997. The van der Waals surface area contributed by atoms with Crippen molar-refractivity contribution >= 4 is 0 Å². The minimum Gasteiger partial charge on any atom is -0.496 e. The van der Waals surface area contributed by atoms with Gasteiger partial charge in [0, 0.05) is 0 Å². The van der Waals surface area contributed by atoms with E-state index in [9.17, 15) is 0 Å². The first-order chi connectivity index (χ1) is 7.70. The van der Waals surface area contributed by atoms with Crippen LogP contribution in [0.5, 0.6) is 5.75 Å². The Morgan fingerprint density at radius 2 is 1.88 bits per heavy atom. The molecule has 0 heterocycles. The van der Waals surface area contributed by atoms with Gasteiger partial charge in [-0.3, -0.25) is 0 Å². The van der Waals surface area contributed by atoms with Crippen molar-refractivity contribution in [2.75, 3.05) is 20.7 Å². The number of unbranched alkanes of at least 4 members (excludes halogenated alkanes) is 1. The molecular weight excluding hydrogens is 198 g/mol. The predicted octanol–water partition coefficient (Wildman–Crippen LogP) is 2.85. The van der Waals surface area contributed by atoms with Gasteiger partial charge in [-0.2, -0.15) is 0 Å². The fourth-order valence-electron chi connectivity index (χ4n) is 1.96. The van der Waals surface area contributed by atoms with Crippen LogP contribution in [-0.2, 0) is 6.42 Å². The third-order valence-corrected chi connectivity index (χ3v) is 3.19. The fraction of sp³-hybridized carbons (Fsp3) is 0.571. The second-order valence-electron chi connectivity index (χ2n) is 4.24. The molecule has 1 aromatic carbocycles. The Kier molecular flexibility index (Phi) is 5.33. The van der Waals surface area contributed by atoms with Crippen molar-refractivity contribution in [3.63, 3.8) is 0 Å². The van der Waals surface area contributed by atoms with Crippen LogP contribution >= 0.6 is 0 Å². The summed E-state index contributed by atoms with van der Waals surface area (Å²) in [6.45, 7) is 5.42. The quantitative estimate of drug-likeness (QED) is 0.746. The molecule has 0 saturated heterocycles. The van der Waals surface area contributed by atoms with E-state index in [1.807, 2.05) is 7.05 Å². The summed E-state index contributed by atoms with van der Waals surface area (Å²) in [5.41, 5.74) is 4.10. The molecule has 90 valence electrons. The zero-order valence-corrected chi connectivity index (χ0v) is 10.9. The number of nitrogens with one attached hydrogen (secondary N) is 1. The van der Waals surface area contributed by atoms with E-state index in [2.05, 4.69) is 31.3 Å². The molecule has 2 nitrogen and oxygen atoms in total. The largest absolute Gasteiger partial charge is 0.496 e. The minimum absolute atomic E-state index is 0.997. The Morgan fingerprint density at radius 1 is 1.12 bits per heavy atom. The van der Waals surface area contributed by atoms with Gasteiger partial charge < -0.3 is 10.1 Å². The number of rotatable bonds is 6. The molecule has 1 rings (SSSR count). The molecule has 0 radical (unpaired) electrons. The molecule has 0 aromatic heterocycles. The molecule has 0 aliphatic rings. The van der Waals surface area contributed by atoms with Crippen molar-refractivity contribution in [2.45, 2.75) is 33.1 Å². The van der Waals surface area contributed by atoms with Gasteiger partial charge in [0.25, 0.3) is 0 Å². The molecule has 1 N–H and O–H groups in total. The smallest absolute Gasteiger partial charge is 0.122 e. The zero-order chi connectivity index (χ0) is 12.0. The lowest BCUT2D eigenvalue weighted by atomic mass is 9.98. The summed E-state index contributed by atoms with van der Waals surface area (Å²) in [7, 11) is 3.73. The number of ether oxygens (including phenoxy) is 1. The van der Waals surface area contributed by atoms with Crippen LogP contribution in [-0.4, -0.2) is 20.7 Å². The molecule has 0 saturated carbocycles. The van der Waals surface area contributed by atoms with Gasteiger partial charge >= 0.3 is 0 Å². The SMILES string of the molecule is CNCCCCc1ccc(OC)c(C)c1C. The first kappa shape index (κ1) is 13.0. The highest BCUT2D eigenvalue weighted by atomic mass is 16.5. The van der Waals surface area contributed by atoms with Crippen LogP contribution in [0.15, 0.2) is 12.1 Å². The molecule has 0 atom stereocenters. The summed E-state index contributed by atoms with van der Waals surface area (Å²) in [5, 5.41) is 3.18. The maximum Gasteiger partial charge on any atom is 0.122 e. The van der Waals surface area contributed by atoms with Crippen LogP contribution in [0.1, 0.15) is 29.5 Å². The van der Waals surface area contributed by atoms with E-state index >= 15 is 0 Å². The summed E-state index contributed by atoms with van der Waals surface area (Å²) >= 11 is 0. The zero-order valence-electron chi connectivity index (χ0n) is 10.9. The molecule has 0 fully saturated rings. The van der Waals surface area contributed by atoms with E-state index in [1.54, 1.807) is 7.11 Å². The number of aryl methyl sites for hydroxylation is 1. The number of methoxy groups -OCH3 is 1. The van der Waals surface area contributed by atoms with Gasteiger partial charge in [0.1, 0.15) is 5.75 Å². The van der Waals surface area contributed by atoms with Crippen molar-refractivity contribution in [2.24, 2.45) is 0 Å². The van der Waals surface area contributed by atoms with Crippen LogP contribution in [0.2, 0.25) is 0 Å². The molecule has 0 bridgehead atoms. The van der Waals surface area contributed by atoms with E-state index < -0.39 is 0 Å². The molecule has 0 unspecified atom stereocenters. The Morgan fingerprint density at radius 3 is 2.50 bits per heavy atom. The monoisotopic (exact) mass is 221 g/mol. The number of benzene rings is 1. The van der Waals surface area contributed by atoms with Gasteiger partial charge in [0.05, 0.1) is 7.11 Å². The minimum atomic E-state index is 0.997. The third-order valence-electron chi connectivity index (χ3n) is 3.19. The normalized spacial score (nSPS) is 10.5. The first-order valence-corrected chi connectivity index (χ1v) is 5.98. The van der Waals surface area contributed by atoms with Gasteiger partial charge in [0.15, 0.2) is 0 Å². The maximum absolute atomic E-state index is 5.31. The molecular formula is C14H23NO. The van der Waals surface area contributed by atoms with E-state index in [0.29, 0.717) is 0 Å². The maximum atomic E-state index is 5.31. The Hall–Kier alpha value is -1.02. The van der Waals surface area contributed by atoms with Gasteiger partial charge in [-0.05, 0) is 69.5 Å². The molecule has 1 aromatic rings. The van der Waals surface area contributed by atoms with Crippen molar-refractivity contribution < 1.29 is 4.74 Å². The second-order valence-corrected chi connectivity index (χ2v) is 4.24. The average Bonchev–Trinajstić information content (AvgIpc) is 2.30. The van der Waals surface area contributed by atoms with Crippen molar-refractivity contribution in [1.82, 2.24) is 5.32 Å². The van der Waals surface area contributed by atoms with Crippen molar-refractivity contribution in [3.8, 4) is 5.75 Å². The lowest BCUT2D eigenvalue weighted by Crippen LogP contribution is -2.07. The van der Waals surface area contributed by atoms with Gasteiger partial charge in [0.2, 0.25) is 0 Å². The predicted molar refractivity (Wildman–Crippen MR) is 69.3 cm³/mol. The highest BCUT2D eigenvalue weighted by Gasteiger charge is 2.05. The highest BCUT2D eigenvalue weighted by Crippen LogP contribution is 2.24. The third kappa shape index (κ3) is 3.24. The Bertz CT molecular complexity index is 334. The molecule has 2 heteroatoms. The summed E-state index contributed by atoms with van der Waals surface area (Å²) in [6.07, 6.45) is 3.65. The average molecular weight is 221 g/mol. The van der Waals surface area contributed by atoms with E-state index in [0.717, 1.165) is 12.3 Å². The fourth-order valence-corrected chi connectivity index (χ4v) is 1.96. The molecule has 0 aliphatic heterocycles. The number of hydrogen-bond donors (Lipinski definition) is 1. The lowest BCUT2D eigenvalue weighted by Gasteiger charge is -2.12. The van der Waals surface area contributed by atoms with E-state index in [4.69, 9.17) is 4.74 Å². The van der Waals surface area contributed by atoms with Gasteiger partial charge in [-0.25, -0.2) is 0 Å². The summed E-state index contributed by atoms with van der Waals surface area (Å²) < 4.78 is 5.31. The van der Waals surface area contributed by atoms with Crippen molar-refractivity contribution in [3.05, 3.63) is 28.8 Å². The standard InChI is InChI=1S/C14H23NO/c1-11-12(2)14(16-4)9-8-13(11)7-5-6-10-15-3/h8-9,15H,5-7,10H2,1-4H3. The van der Waals surface area contributed by atoms with Crippen LogP contribution in [0, 0.1) is 13.8 Å². The number of hydrogen-bond acceptors (Lipinski definition) is 2. The Balaban J connectivity index is 2.64. The van der Waals surface area contributed by atoms with Crippen LogP contribution in [0.25, 0.3) is 0 Å².